The van der Waals surface area contributed by atoms with Crippen molar-refractivity contribution in [2.75, 3.05) is 18.8 Å². The van der Waals surface area contributed by atoms with Crippen LogP contribution in [-0.4, -0.2) is 24.7 Å². The molecule has 0 aromatic heterocycles. The van der Waals surface area contributed by atoms with Crippen molar-refractivity contribution in [3.63, 3.8) is 0 Å². The molecule has 0 spiro atoms. The van der Waals surface area contributed by atoms with E-state index in [0.717, 1.165) is 17.7 Å². The van der Waals surface area contributed by atoms with Crippen molar-refractivity contribution >= 4 is 29.3 Å². The third-order valence-corrected chi connectivity index (χ3v) is 3.40. The Kier molecular flexibility index (Phi) is 7.08. The molecule has 17 heavy (non-hydrogen) atoms. The summed E-state index contributed by atoms with van der Waals surface area (Å²) in [6, 6.07) is 7.47. The molecule has 0 saturated heterocycles. The first-order valence-corrected chi connectivity index (χ1v) is 6.94. The summed E-state index contributed by atoms with van der Waals surface area (Å²) < 4.78 is 0. The van der Waals surface area contributed by atoms with Crippen molar-refractivity contribution in [3.8, 4) is 0 Å². The number of thioether (sulfide) groups is 1. The number of hydrogen-bond acceptors (Lipinski definition) is 3. The lowest BCUT2D eigenvalue weighted by Crippen LogP contribution is -2.26. The smallest absolute Gasteiger partial charge is 0.230 e. The molecule has 0 aliphatic heterocycles. The maximum Gasteiger partial charge on any atom is 0.230 e. The molecular weight excluding hydrogens is 256 g/mol. The van der Waals surface area contributed by atoms with Gasteiger partial charge < -0.3 is 11.1 Å². The molecule has 0 heterocycles. The lowest BCUT2D eigenvalue weighted by Gasteiger charge is -2.04. The van der Waals surface area contributed by atoms with Crippen molar-refractivity contribution < 1.29 is 4.79 Å². The molecule has 0 aliphatic carbocycles. The second kappa shape index (κ2) is 8.39. The molecule has 0 saturated carbocycles. The van der Waals surface area contributed by atoms with Crippen LogP contribution in [0.15, 0.2) is 29.2 Å². The summed E-state index contributed by atoms with van der Waals surface area (Å²) >= 11 is 7.28. The molecule has 1 amide bonds. The van der Waals surface area contributed by atoms with Gasteiger partial charge in [0.05, 0.1) is 5.75 Å². The predicted octanol–water partition coefficient (Wildman–Crippen LogP) is 2.29. The Balaban J connectivity index is 2.17. The highest BCUT2D eigenvalue weighted by molar-refractivity contribution is 8.00. The Morgan fingerprint density at radius 1 is 1.29 bits per heavy atom. The quantitative estimate of drug-likeness (QED) is 0.591. The van der Waals surface area contributed by atoms with Gasteiger partial charge in [0, 0.05) is 16.5 Å². The normalized spacial score (nSPS) is 10.2. The topological polar surface area (TPSA) is 55.1 Å². The monoisotopic (exact) mass is 272 g/mol. The van der Waals surface area contributed by atoms with Crippen molar-refractivity contribution in [1.29, 1.82) is 0 Å². The zero-order chi connectivity index (χ0) is 12.5. The summed E-state index contributed by atoms with van der Waals surface area (Å²) in [5.41, 5.74) is 5.36. The van der Waals surface area contributed by atoms with Gasteiger partial charge in [-0.3, -0.25) is 4.79 Å². The highest BCUT2D eigenvalue weighted by Gasteiger charge is 2.01. The van der Waals surface area contributed by atoms with Gasteiger partial charge in [-0.1, -0.05) is 11.6 Å². The first kappa shape index (κ1) is 14.4. The molecule has 0 fully saturated rings. The maximum absolute atomic E-state index is 11.5. The van der Waals surface area contributed by atoms with Gasteiger partial charge in [-0.25, -0.2) is 0 Å². The molecule has 3 N–H and O–H groups in total. The van der Waals surface area contributed by atoms with Crippen LogP contribution in [0.1, 0.15) is 12.8 Å². The number of benzene rings is 1. The Morgan fingerprint density at radius 3 is 2.65 bits per heavy atom. The number of halogens is 1. The van der Waals surface area contributed by atoms with Crippen LogP contribution >= 0.6 is 23.4 Å². The minimum absolute atomic E-state index is 0.0574. The average molecular weight is 273 g/mol. The van der Waals surface area contributed by atoms with E-state index in [4.69, 9.17) is 17.3 Å². The minimum atomic E-state index is 0.0574. The van der Waals surface area contributed by atoms with E-state index in [9.17, 15) is 4.79 Å². The van der Waals surface area contributed by atoms with E-state index in [-0.39, 0.29) is 5.91 Å². The van der Waals surface area contributed by atoms with Crippen LogP contribution in [0.25, 0.3) is 0 Å². The minimum Gasteiger partial charge on any atom is -0.355 e. The largest absolute Gasteiger partial charge is 0.355 e. The van der Waals surface area contributed by atoms with Gasteiger partial charge in [0.25, 0.3) is 0 Å². The molecule has 1 rings (SSSR count). The highest BCUT2D eigenvalue weighted by Crippen LogP contribution is 2.19. The fourth-order valence-corrected chi connectivity index (χ4v) is 2.08. The second-order valence-corrected chi connectivity index (χ2v) is 5.07. The summed E-state index contributed by atoms with van der Waals surface area (Å²) in [4.78, 5) is 12.5. The number of nitrogens with one attached hydrogen (secondary N) is 1. The Bertz CT molecular complexity index is 343. The number of unbranched alkanes of at least 4 members (excludes halogenated alkanes) is 1. The van der Waals surface area contributed by atoms with Crippen molar-refractivity contribution in [1.82, 2.24) is 5.32 Å². The van der Waals surface area contributed by atoms with Gasteiger partial charge in [-0.2, -0.15) is 0 Å². The molecule has 1 aromatic carbocycles. The predicted molar refractivity (Wildman–Crippen MR) is 73.5 cm³/mol. The third kappa shape index (κ3) is 6.56. The number of carbonyl (C=O) groups excluding carboxylic acids is 1. The van der Waals surface area contributed by atoms with E-state index in [1.54, 1.807) is 0 Å². The molecule has 0 aliphatic rings. The Hall–Kier alpha value is -0.710. The zero-order valence-corrected chi connectivity index (χ0v) is 11.2. The first-order valence-electron chi connectivity index (χ1n) is 5.57. The zero-order valence-electron chi connectivity index (χ0n) is 9.62. The van der Waals surface area contributed by atoms with Crippen LogP contribution in [0.5, 0.6) is 0 Å². The number of rotatable bonds is 7. The molecule has 94 valence electrons. The van der Waals surface area contributed by atoms with Crippen molar-refractivity contribution in [3.05, 3.63) is 29.3 Å². The maximum atomic E-state index is 11.5. The van der Waals surface area contributed by atoms with Gasteiger partial charge in [0.1, 0.15) is 0 Å². The van der Waals surface area contributed by atoms with Crippen LogP contribution in [0.3, 0.4) is 0 Å². The van der Waals surface area contributed by atoms with Gasteiger partial charge >= 0.3 is 0 Å². The summed E-state index contributed by atoms with van der Waals surface area (Å²) in [5.74, 6) is 0.492. The SMILES string of the molecule is NCCCCNC(=O)CSc1ccc(Cl)cc1. The lowest BCUT2D eigenvalue weighted by molar-refractivity contribution is -0.118. The van der Waals surface area contributed by atoms with Crippen LogP contribution in [0.2, 0.25) is 5.02 Å². The van der Waals surface area contributed by atoms with E-state index in [0.29, 0.717) is 23.9 Å². The number of hydrogen-bond donors (Lipinski definition) is 2. The fourth-order valence-electron chi connectivity index (χ4n) is 1.23. The van der Waals surface area contributed by atoms with Crippen LogP contribution < -0.4 is 11.1 Å². The summed E-state index contributed by atoms with van der Waals surface area (Å²) in [6.07, 6.45) is 1.89. The molecule has 5 heteroatoms. The number of amides is 1. The van der Waals surface area contributed by atoms with Gasteiger partial charge in [0.15, 0.2) is 0 Å². The van der Waals surface area contributed by atoms with Crippen molar-refractivity contribution in [2.24, 2.45) is 5.73 Å². The molecule has 3 nitrogen and oxygen atoms in total. The average Bonchev–Trinajstić information content (AvgIpc) is 2.34. The summed E-state index contributed by atoms with van der Waals surface area (Å²) in [7, 11) is 0. The van der Waals surface area contributed by atoms with Gasteiger partial charge in [-0.15, -0.1) is 11.8 Å². The fraction of sp³-hybridized carbons (Fsp3) is 0.417. The van der Waals surface area contributed by atoms with Crippen LogP contribution in [0.4, 0.5) is 0 Å². The van der Waals surface area contributed by atoms with E-state index >= 15 is 0 Å². The summed E-state index contributed by atoms with van der Waals surface area (Å²) in [5, 5.41) is 3.57. The molecule has 0 atom stereocenters. The lowest BCUT2D eigenvalue weighted by atomic mass is 10.3. The molecule has 1 aromatic rings. The van der Waals surface area contributed by atoms with Crippen LogP contribution in [0, 0.1) is 0 Å². The van der Waals surface area contributed by atoms with E-state index in [1.165, 1.54) is 11.8 Å². The van der Waals surface area contributed by atoms with E-state index in [2.05, 4.69) is 5.32 Å². The van der Waals surface area contributed by atoms with Gasteiger partial charge in [-0.05, 0) is 43.7 Å². The van der Waals surface area contributed by atoms with Crippen LogP contribution in [-0.2, 0) is 4.79 Å². The van der Waals surface area contributed by atoms with Crippen molar-refractivity contribution in [2.45, 2.75) is 17.7 Å². The van der Waals surface area contributed by atoms with E-state index in [1.807, 2.05) is 24.3 Å². The molecule has 0 unspecified atom stereocenters. The number of carbonyl (C=O) groups is 1. The molecular formula is C12H17ClN2OS. The summed E-state index contributed by atoms with van der Waals surface area (Å²) in [6.45, 7) is 1.38. The highest BCUT2D eigenvalue weighted by atomic mass is 35.5. The second-order valence-electron chi connectivity index (χ2n) is 3.59. The molecule has 0 radical (unpaired) electrons. The Morgan fingerprint density at radius 2 is 2.00 bits per heavy atom. The van der Waals surface area contributed by atoms with E-state index < -0.39 is 0 Å². The van der Waals surface area contributed by atoms with Gasteiger partial charge in [0.2, 0.25) is 5.91 Å². The number of nitrogens with two attached hydrogens (primary N) is 1. The Labute approximate surface area is 111 Å². The first-order chi connectivity index (χ1) is 8.22. The molecule has 0 bridgehead atoms. The third-order valence-electron chi connectivity index (χ3n) is 2.14. The standard InChI is InChI=1S/C12H17ClN2OS/c13-10-3-5-11(6-4-10)17-9-12(16)15-8-2-1-7-14/h3-6H,1-2,7-9,14H2,(H,15,16).